The largest absolute Gasteiger partial charge is 0.343 e. The molecule has 0 saturated heterocycles. The van der Waals surface area contributed by atoms with Crippen LogP contribution >= 0.6 is 11.8 Å². The highest BCUT2D eigenvalue weighted by Gasteiger charge is 2.07. The summed E-state index contributed by atoms with van der Waals surface area (Å²) in [7, 11) is 0. The molecule has 0 atom stereocenters. The third-order valence-corrected chi connectivity index (χ3v) is 3.68. The van der Waals surface area contributed by atoms with Gasteiger partial charge < -0.3 is 0 Å². The molecule has 1 aromatic heterocycles. The van der Waals surface area contributed by atoms with E-state index in [1.54, 1.807) is 16.3 Å². The summed E-state index contributed by atoms with van der Waals surface area (Å²) in [6.45, 7) is 4.67. The van der Waals surface area contributed by atoms with Gasteiger partial charge in [-0.2, -0.15) is 0 Å². The maximum Gasteiger partial charge on any atom is 0.343 e. The lowest BCUT2D eigenvalue weighted by atomic mass is 10.1. The van der Waals surface area contributed by atoms with Crippen molar-refractivity contribution in [2.45, 2.75) is 31.3 Å². The molecule has 0 bridgehead atoms. The number of aryl methyl sites for hydroxylation is 1. The molecule has 2 rings (SSSR count). The predicted octanol–water partition coefficient (Wildman–Crippen LogP) is 2.19. The number of nitrogens with zero attached hydrogens (tertiary/aromatic N) is 2. The number of benzene rings is 1. The summed E-state index contributed by atoms with van der Waals surface area (Å²) in [5, 5.41) is 7.25. The molecule has 0 amide bonds. The Morgan fingerprint density at radius 1 is 1.41 bits per heavy atom. The van der Waals surface area contributed by atoms with Gasteiger partial charge in [-0.05, 0) is 25.0 Å². The lowest BCUT2D eigenvalue weighted by molar-refractivity contribution is 0.660. The Kier molecular flexibility index (Phi) is 3.68. The molecule has 0 aliphatic rings. The maximum atomic E-state index is 11.4. The molecule has 0 aliphatic heterocycles. The molecule has 0 radical (unpaired) electrons. The molecule has 1 heterocycles. The van der Waals surface area contributed by atoms with Crippen molar-refractivity contribution in [1.82, 2.24) is 14.8 Å². The number of hydrogen-bond acceptors (Lipinski definition) is 3. The molecule has 17 heavy (non-hydrogen) atoms. The summed E-state index contributed by atoms with van der Waals surface area (Å²) in [4.78, 5) is 11.4. The lowest BCUT2D eigenvalue weighted by Gasteiger charge is -2.05. The minimum Gasteiger partial charge on any atom is -0.270 e. The van der Waals surface area contributed by atoms with Crippen molar-refractivity contribution in [1.29, 1.82) is 0 Å². The van der Waals surface area contributed by atoms with Gasteiger partial charge in [-0.25, -0.2) is 9.89 Å². The molecule has 2 aromatic rings. The highest BCUT2D eigenvalue weighted by atomic mass is 32.2. The minimum absolute atomic E-state index is 0.139. The molecule has 1 aromatic carbocycles. The first kappa shape index (κ1) is 12.0. The van der Waals surface area contributed by atoms with Crippen LogP contribution in [0.3, 0.4) is 0 Å². The van der Waals surface area contributed by atoms with E-state index in [1.165, 1.54) is 11.1 Å². The minimum atomic E-state index is -0.139. The normalized spacial score (nSPS) is 10.7. The first-order valence-corrected chi connectivity index (χ1v) is 6.53. The van der Waals surface area contributed by atoms with Crippen molar-refractivity contribution in [3.05, 3.63) is 45.9 Å². The number of rotatable bonds is 4. The van der Waals surface area contributed by atoms with Crippen LogP contribution in [-0.2, 0) is 12.3 Å². The molecule has 0 saturated carbocycles. The predicted molar refractivity (Wildman–Crippen MR) is 69.3 cm³/mol. The average Bonchev–Trinajstić information content (AvgIpc) is 2.69. The Morgan fingerprint density at radius 2 is 2.18 bits per heavy atom. The maximum absolute atomic E-state index is 11.4. The lowest BCUT2D eigenvalue weighted by Crippen LogP contribution is -2.16. The number of thioether (sulfide) groups is 1. The number of hydrogen-bond donors (Lipinski definition) is 1. The Balaban J connectivity index is 2.13. The summed E-state index contributed by atoms with van der Waals surface area (Å²) in [6, 6.07) is 8.25. The van der Waals surface area contributed by atoms with E-state index in [-0.39, 0.29) is 5.69 Å². The Morgan fingerprint density at radius 3 is 2.88 bits per heavy atom. The zero-order chi connectivity index (χ0) is 12.3. The van der Waals surface area contributed by atoms with Crippen molar-refractivity contribution in [3.8, 4) is 0 Å². The fraction of sp³-hybridized carbons (Fsp3) is 0.333. The van der Waals surface area contributed by atoms with E-state index in [1.807, 2.05) is 19.1 Å². The van der Waals surface area contributed by atoms with Gasteiger partial charge in [-0.1, -0.05) is 36.0 Å². The molecular weight excluding hydrogens is 234 g/mol. The topological polar surface area (TPSA) is 50.7 Å². The number of aromatic amines is 1. The summed E-state index contributed by atoms with van der Waals surface area (Å²) >= 11 is 1.58. The van der Waals surface area contributed by atoms with Gasteiger partial charge in [0.2, 0.25) is 0 Å². The molecule has 0 aliphatic carbocycles. The zero-order valence-corrected chi connectivity index (χ0v) is 10.8. The molecular formula is C12H15N3OS. The smallest absolute Gasteiger partial charge is 0.270 e. The van der Waals surface area contributed by atoms with Crippen molar-refractivity contribution in [3.63, 3.8) is 0 Å². The van der Waals surface area contributed by atoms with E-state index in [2.05, 4.69) is 29.3 Å². The van der Waals surface area contributed by atoms with Gasteiger partial charge >= 0.3 is 5.69 Å². The zero-order valence-electron chi connectivity index (χ0n) is 9.93. The van der Waals surface area contributed by atoms with Gasteiger partial charge in [0.25, 0.3) is 0 Å². The van der Waals surface area contributed by atoms with E-state index in [0.29, 0.717) is 6.54 Å². The van der Waals surface area contributed by atoms with Crippen LogP contribution < -0.4 is 5.69 Å². The van der Waals surface area contributed by atoms with E-state index in [0.717, 1.165) is 10.9 Å². The molecule has 0 fully saturated rings. The monoisotopic (exact) mass is 249 g/mol. The van der Waals surface area contributed by atoms with Gasteiger partial charge in [0.1, 0.15) is 0 Å². The quantitative estimate of drug-likeness (QED) is 0.845. The van der Waals surface area contributed by atoms with Crippen molar-refractivity contribution < 1.29 is 0 Å². The first-order chi connectivity index (χ1) is 8.22. The van der Waals surface area contributed by atoms with Gasteiger partial charge in [0.15, 0.2) is 5.16 Å². The van der Waals surface area contributed by atoms with Gasteiger partial charge in [-0.15, -0.1) is 5.10 Å². The molecule has 90 valence electrons. The molecule has 0 unspecified atom stereocenters. The van der Waals surface area contributed by atoms with Crippen molar-refractivity contribution >= 4 is 11.8 Å². The summed E-state index contributed by atoms with van der Waals surface area (Å²) in [5.74, 6) is 0.830. The van der Waals surface area contributed by atoms with Gasteiger partial charge in [0.05, 0.1) is 0 Å². The average molecular weight is 249 g/mol. The van der Waals surface area contributed by atoms with Crippen LogP contribution in [0.2, 0.25) is 0 Å². The van der Waals surface area contributed by atoms with E-state index >= 15 is 0 Å². The van der Waals surface area contributed by atoms with Crippen LogP contribution in [0.25, 0.3) is 0 Å². The second-order valence-electron chi connectivity index (χ2n) is 3.77. The fourth-order valence-electron chi connectivity index (χ4n) is 1.61. The van der Waals surface area contributed by atoms with E-state index < -0.39 is 0 Å². The van der Waals surface area contributed by atoms with Crippen LogP contribution in [0.5, 0.6) is 0 Å². The van der Waals surface area contributed by atoms with Crippen LogP contribution in [0, 0.1) is 6.92 Å². The SMILES string of the molecule is CCn1c(SCc2ccccc2C)n[nH]c1=O. The van der Waals surface area contributed by atoms with Gasteiger partial charge in [-0.3, -0.25) is 4.57 Å². The van der Waals surface area contributed by atoms with Crippen molar-refractivity contribution in [2.24, 2.45) is 0 Å². The summed E-state index contributed by atoms with van der Waals surface area (Å²) < 4.78 is 1.64. The van der Waals surface area contributed by atoms with Crippen molar-refractivity contribution in [2.75, 3.05) is 0 Å². The van der Waals surface area contributed by atoms with E-state index in [4.69, 9.17) is 0 Å². The number of nitrogens with one attached hydrogen (secondary N) is 1. The highest BCUT2D eigenvalue weighted by Crippen LogP contribution is 2.21. The molecule has 1 N–H and O–H groups in total. The standard InChI is InChI=1S/C12H15N3OS/c1-3-15-11(16)13-14-12(15)17-8-10-7-5-4-6-9(10)2/h4-7H,3,8H2,1-2H3,(H,13,16). The van der Waals surface area contributed by atoms with Crippen LogP contribution in [0.1, 0.15) is 18.1 Å². The number of aromatic nitrogens is 3. The molecule has 5 heteroatoms. The van der Waals surface area contributed by atoms with Crippen LogP contribution in [0.15, 0.2) is 34.2 Å². The third-order valence-electron chi connectivity index (χ3n) is 2.66. The third kappa shape index (κ3) is 2.61. The Hall–Kier alpha value is -1.49. The summed E-state index contributed by atoms with van der Waals surface area (Å²) in [5.41, 5.74) is 2.40. The molecule has 0 spiro atoms. The second kappa shape index (κ2) is 5.23. The highest BCUT2D eigenvalue weighted by molar-refractivity contribution is 7.98. The van der Waals surface area contributed by atoms with Crippen LogP contribution in [0.4, 0.5) is 0 Å². The Labute approximate surface area is 104 Å². The van der Waals surface area contributed by atoms with Crippen LogP contribution in [-0.4, -0.2) is 14.8 Å². The van der Waals surface area contributed by atoms with Gasteiger partial charge in [0, 0.05) is 12.3 Å². The number of H-pyrrole nitrogens is 1. The fourth-order valence-corrected chi connectivity index (χ4v) is 2.69. The first-order valence-electron chi connectivity index (χ1n) is 5.55. The second-order valence-corrected chi connectivity index (χ2v) is 4.71. The summed E-state index contributed by atoms with van der Waals surface area (Å²) in [6.07, 6.45) is 0. The molecule has 4 nitrogen and oxygen atoms in total. The van der Waals surface area contributed by atoms with E-state index in [9.17, 15) is 4.79 Å². The Bertz CT molecular complexity index is 559.